The van der Waals surface area contributed by atoms with Crippen LogP contribution in [0.5, 0.6) is 5.75 Å². The Labute approximate surface area is 103 Å². The Bertz CT molecular complexity index is 517. The number of ketones is 1. The van der Waals surface area contributed by atoms with Crippen molar-refractivity contribution in [3.8, 4) is 5.75 Å². The van der Waals surface area contributed by atoms with Gasteiger partial charge in [0.25, 0.3) is 0 Å². The molecular weight excluding hydrogens is 241 g/mol. The summed E-state index contributed by atoms with van der Waals surface area (Å²) < 4.78 is 10.00. The minimum atomic E-state index is -1.33. The minimum Gasteiger partial charge on any atom is -0.479 e. The van der Waals surface area contributed by atoms with E-state index in [1.165, 1.54) is 13.0 Å². The molecule has 0 saturated heterocycles. The molecule has 0 aromatic heterocycles. The summed E-state index contributed by atoms with van der Waals surface area (Å²) in [5.41, 5.74) is 0.296. The van der Waals surface area contributed by atoms with Crippen LogP contribution in [0.15, 0.2) is 12.1 Å². The normalized spacial score (nSPS) is 13.3. The number of carbonyl (C=O) groups excluding carboxylic acids is 1. The number of nitro groups is 1. The summed E-state index contributed by atoms with van der Waals surface area (Å²) in [7, 11) is -1.33. The predicted molar refractivity (Wildman–Crippen MR) is 61.7 cm³/mol. The number of Topliss-reactive ketones (excluding diaryl/α,β-unsaturated/α-hetero) is 1. The van der Waals surface area contributed by atoms with Gasteiger partial charge in [-0.2, -0.15) is 0 Å². The monoisotopic (exact) mass is 251 g/mol. The van der Waals surface area contributed by atoms with E-state index in [2.05, 4.69) is 0 Å². The molecule has 1 heterocycles. The largest absolute Gasteiger partial charge is 0.499 e. The fraction of sp³-hybridized carbons (Fsp3) is 0.300. The van der Waals surface area contributed by atoms with Crippen LogP contribution in [-0.2, 0) is 16.1 Å². The highest BCUT2D eigenvalue weighted by Crippen LogP contribution is 2.29. The van der Waals surface area contributed by atoms with Crippen LogP contribution in [0.3, 0.4) is 0 Å². The van der Waals surface area contributed by atoms with Gasteiger partial charge < -0.3 is 14.4 Å². The van der Waals surface area contributed by atoms with Gasteiger partial charge in [-0.1, -0.05) is 6.07 Å². The van der Waals surface area contributed by atoms with Gasteiger partial charge >= 0.3 is 12.8 Å². The molecule has 0 bridgehead atoms. The fourth-order valence-electron chi connectivity index (χ4n) is 1.77. The van der Waals surface area contributed by atoms with Gasteiger partial charge in [0.1, 0.15) is 6.61 Å². The summed E-state index contributed by atoms with van der Waals surface area (Å²) in [4.78, 5) is 21.2. The van der Waals surface area contributed by atoms with Crippen LogP contribution < -0.4 is 10.2 Å². The lowest BCUT2D eigenvalue weighted by molar-refractivity contribution is -0.384. The molecule has 2 rings (SSSR count). The second-order valence-electron chi connectivity index (χ2n) is 3.90. The molecule has 8 heteroatoms. The first-order valence-electron chi connectivity index (χ1n) is 5.22. The summed E-state index contributed by atoms with van der Waals surface area (Å²) in [6, 6.07) is 2.98. The molecule has 0 spiro atoms. The van der Waals surface area contributed by atoms with Crippen molar-refractivity contribution < 1.29 is 24.1 Å². The Hall–Kier alpha value is -1.93. The highest BCUT2D eigenvalue weighted by molar-refractivity contribution is 6.63. The molecule has 7 nitrogen and oxygen atoms in total. The fourth-order valence-corrected chi connectivity index (χ4v) is 1.77. The second-order valence-corrected chi connectivity index (χ2v) is 3.90. The molecule has 18 heavy (non-hydrogen) atoms. The van der Waals surface area contributed by atoms with E-state index in [0.717, 1.165) is 0 Å². The Balaban J connectivity index is 2.44. The van der Waals surface area contributed by atoms with Crippen molar-refractivity contribution in [2.24, 2.45) is 0 Å². The molecule has 0 saturated carbocycles. The summed E-state index contributed by atoms with van der Waals surface area (Å²) in [6.45, 7) is 1.18. The smallest absolute Gasteiger partial charge is 0.479 e. The number of nitro benzene ring substituents is 1. The van der Waals surface area contributed by atoms with Crippen molar-refractivity contribution >= 4 is 24.1 Å². The SMILES string of the molecule is CC(=O)COc1ccc2c(c1[N+](=O)[O-])B(O)OC2. The average Bonchev–Trinajstić information content (AvgIpc) is 2.67. The molecule has 0 atom stereocenters. The maximum Gasteiger partial charge on any atom is 0.499 e. The summed E-state index contributed by atoms with van der Waals surface area (Å²) in [5, 5.41) is 20.6. The van der Waals surface area contributed by atoms with Crippen LogP contribution in [0.4, 0.5) is 5.69 Å². The van der Waals surface area contributed by atoms with E-state index in [4.69, 9.17) is 9.39 Å². The third-order valence-corrected chi connectivity index (χ3v) is 2.53. The molecule has 0 unspecified atom stereocenters. The predicted octanol–water partition coefficient (Wildman–Crippen LogP) is -0.220. The number of ether oxygens (including phenoxy) is 1. The molecule has 1 aromatic rings. The van der Waals surface area contributed by atoms with E-state index >= 15 is 0 Å². The first-order chi connectivity index (χ1) is 8.50. The summed E-state index contributed by atoms with van der Waals surface area (Å²) in [5.74, 6) is -0.292. The van der Waals surface area contributed by atoms with Gasteiger partial charge in [0.05, 0.1) is 17.0 Å². The van der Waals surface area contributed by atoms with Crippen molar-refractivity contribution in [3.63, 3.8) is 0 Å². The zero-order chi connectivity index (χ0) is 13.3. The summed E-state index contributed by atoms with van der Waals surface area (Å²) in [6.07, 6.45) is 0. The topological polar surface area (TPSA) is 98.9 Å². The van der Waals surface area contributed by atoms with Crippen LogP contribution in [0.1, 0.15) is 12.5 Å². The Morgan fingerprint density at radius 2 is 2.39 bits per heavy atom. The van der Waals surface area contributed by atoms with Gasteiger partial charge in [-0.15, -0.1) is 0 Å². The molecule has 0 fully saturated rings. The van der Waals surface area contributed by atoms with Crippen LogP contribution in [0, 0.1) is 10.1 Å². The molecule has 94 valence electrons. The number of carbonyl (C=O) groups is 1. The van der Waals surface area contributed by atoms with Crippen LogP contribution in [0.25, 0.3) is 0 Å². The molecule has 1 aliphatic heterocycles. The lowest BCUT2D eigenvalue weighted by Crippen LogP contribution is -2.31. The van der Waals surface area contributed by atoms with Gasteiger partial charge in [0.2, 0.25) is 0 Å². The molecule has 0 aliphatic carbocycles. The third kappa shape index (κ3) is 2.20. The van der Waals surface area contributed by atoms with Crippen molar-refractivity contribution in [3.05, 3.63) is 27.8 Å². The van der Waals surface area contributed by atoms with Crippen LogP contribution >= 0.6 is 0 Å². The van der Waals surface area contributed by atoms with Crippen molar-refractivity contribution in [2.45, 2.75) is 13.5 Å². The maximum absolute atomic E-state index is 11.0. The van der Waals surface area contributed by atoms with E-state index in [0.29, 0.717) is 5.56 Å². The first-order valence-corrected chi connectivity index (χ1v) is 5.22. The van der Waals surface area contributed by atoms with Crippen molar-refractivity contribution in [2.75, 3.05) is 6.61 Å². The molecule has 1 aliphatic rings. The Morgan fingerprint density at radius 1 is 1.67 bits per heavy atom. The zero-order valence-corrected chi connectivity index (χ0v) is 9.58. The van der Waals surface area contributed by atoms with Crippen molar-refractivity contribution in [1.82, 2.24) is 0 Å². The van der Waals surface area contributed by atoms with Crippen LogP contribution in [0.2, 0.25) is 0 Å². The van der Waals surface area contributed by atoms with Gasteiger partial charge in [0, 0.05) is 0 Å². The standard InChI is InChI=1S/C10H10BNO6/c1-6(13)4-17-8-3-2-7-5-18-11(14)9(7)10(8)12(15)16/h2-3,14H,4-5H2,1H3. The average molecular weight is 251 g/mol. The highest BCUT2D eigenvalue weighted by atomic mass is 16.6. The second kappa shape index (κ2) is 4.75. The number of hydrogen-bond donors (Lipinski definition) is 1. The lowest BCUT2D eigenvalue weighted by atomic mass is 9.78. The van der Waals surface area contributed by atoms with E-state index < -0.39 is 12.0 Å². The van der Waals surface area contributed by atoms with Gasteiger partial charge in [-0.05, 0) is 18.6 Å². The summed E-state index contributed by atoms with van der Waals surface area (Å²) >= 11 is 0. The molecule has 1 N–H and O–H groups in total. The molecular formula is C10H10BNO6. The molecule has 0 amide bonds. The number of nitrogens with zero attached hydrogens (tertiary/aromatic N) is 1. The van der Waals surface area contributed by atoms with Gasteiger partial charge in [-0.25, -0.2) is 0 Å². The van der Waals surface area contributed by atoms with Crippen molar-refractivity contribution in [1.29, 1.82) is 0 Å². The highest BCUT2D eigenvalue weighted by Gasteiger charge is 2.38. The van der Waals surface area contributed by atoms with Crippen LogP contribution in [-0.4, -0.2) is 29.5 Å². The zero-order valence-electron chi connectivity index (χ0n) is 9.58. The van der Waals surface area contributed by atoms with E-state index in [1.807, 2.05) is 0 Å². The van der Waals surface area contributed by atoms with E-state index in [9.17, 15) is 19.9 Å². The molecule has 1 aromatic carbocycles. The Morgan fingerprint density at radius 3 is 3.00 bits per heavy atom. The number of fused-ring (bicyclic) bond motifs is 1. The first kappa shape index (κ1) is 12.5. The third-order valence-electron chi connectivity index (χ3n) is 2.53. The quantitative estimate of drug-likeness (QED) is 0.451. The number of hydrogen-bond acceptors (Lipinski definition) is 6. The van der Waals surface area contributed by atoms with Gasteiger partial charge in [-0.3, -0.25) is 14.9 Å². The minimum absolute atomic E-state index is 0.0431. The maximum atomic E-state index is 11.0. The Kier molecular flexibility index (Phi) is 3.31. The number of rotatable bonds is 4. The lowest BCUT2D eigenvalue weighted by Gasteiger charge is -2.08. The van der Waals surface area contributed by atoms with Gasteiger partial charge in [0.15, 0.2) is 11.5 Å². The number of benzene rings is 1. The van der Waals surface area contributed by atoms with E-state index in [1.54, 1.807) is 6.07 Å². The molecule has 0 radical (unpaired) electrons. The van der Waals surface area contributed by atoms with E-state index in [-0.39, 0.29) is 35.9 Å².